The maximum atomic E-state index is 14.2. The van der Waals surface area contributed by atoms with E-state index in [9.17, 15) is 13.2 Å². The van der Waals surface area contributed by atoms with E-state index in [-0.39, 0.29) is 11.5 Å². The van der Waals surface area contributed by atoms with Crippen molar-refractivity contribution in [3.8, 4) is 16.9 Å². The molecule has 0 radical (unpaired) electrons. The Labute approximate surface area is 216 Å². The number of carbonyl (C=O) groups excluding carboxylic acids is 1. The van der Waals surface area contributed by atoms with Gasteiger partial charge >= 0.3 is 0 Å². The molecule has 4 aromatic carbocycles. The molecular formula is C29H26N2O5S. The number of aldehydes is 1. The molecule has 8 heteroatoms. The van der Waals surface area contributed by atoms with E-state index >= 15 is 0 Å². The quantitative estimate of drug-likeness (QED) is 0.289. The number of sulfonamides is 1. The summed E-state index contributed by atoms with van der Waals surface area (Å²) >= 11 is 0. The largest absolute Gasteiger partial charge is 0.496 e. The van der Waals surface area contributed by atoms with Crippen LogP contribution in [0, 0.1) is 6.92 Å². The van der Waals surface area contributed by atoms with Crippen LogP contribution in [0.5, 0.6) is 5.75 Å². The Hall–Kier alpha value is -4.14. The van der Waals surface area contributed by atoms with Crippen molar-refractivity contribution >= 4 is 27.7 Å². The summed E-state index contributed by atoms with van der Waals surface area (Å²) in [6, 6.07) is 28.9. The lowest BCUT2D eigenvalue weighted by Crippen LogP contribution is -2.45. The molecule has 188 valence electrons. The van der Waals surface area contributed by atoms with Crippen LogP contribution >= 0.6 is 0 Å². The van der Waals surface area contributed by atoms with E-state index in [1.54, 1.807) is 60.6 Å². The van der Waals surface area contributed by atoms with Gasteiger partial charge in [-0.15, -0.1) is 0 Å². The summed E-state index contributed by atoms with van der Waals surface area (Å²) < 4.78 is 41.6. The predicted molar refractivity (Wildman–Crippen MR) is 143 cm³/mol. The zero-order valence-electron chi connectivity index (χ0n) is 20.4. The molecule has 7 nitrogen and oxygen atoms in total. The molecule has 0 bridgehead atoms. The van der Waals surface area contributed by atoms with Crippen molar-refractivity contribution in [1.82, 2.24) is 0 Å². The van der Waals surface area contributed by atoms with Crippen molar-refractivity contribution in [3.63, 3.8) is 0 Å². The Kier molecular flexibility index (Phi) is 6.69. The number of para-hydroxylation sites is 1. The summed E-state index contributed by atoms with van der Waals surface area (Å²) in [5.41, 5.74) is 4.07. The van der Waals surface area contributed by atoms with Crippen LogP contribution in [0.15, 0.2) is 102 Å². The molecule has 0 aromatic heterocycles. The first kappa shape index (κ1) is 24.5. The minimum absolute atomic E-state index is 0.137. The van der Waals surface area contributed by atoms with Gasteiger partial charge in [0.25, 0.3) is 10.0 Å². The summed E-state index contributed by atoms with van der Waals surface area (Å²) in [6.45, 7) is 1.68. The smallest absolute Gasteiger partial charge is 0.282 e. The van der Waals surface area contributed by atoms with Crippen molar-refractivity contribution in [2.24, 2.45) is 0 Å². The van der Waals surface area contributed by atoms with Crippen molar-refractivity contribution < 1.29 is 22.7 Å². The number of rotatable bonds is 8. The summed E-state index contributed by atoms with van der Waals surface area (Å²) in [7, 11) is -2.52. The number of hydrogen-bond acceptors (Lipinski definition) is 6. The molecule has 1 aliphatic rings. The van der Waals surface area contributed by atoms with Gasteiger partial charge < -0.3 is 14.3 Å². The number of anilines is 2. The highest BCUT2D eigenvalue weighted by molar-refractivity contribution is 7.93. The predicted octanol–water partition coefficient (Wildman–Crippen LogP) is 5.52. The average Bonchev–Trinajstić information content (AvgIpc) is 3.27. The van der Waals surface area contributed by atoms with Gasteiger partial charge in [0.1, 0.15) is 18.6 Å². The highest BCUT2D eigenvalue weighted by atomic mass is 32.2. The summed E-state index contributed by atoms with van der Waals surface area (Å²) in [5, 5.41) is 1.58. The highest BCUT2D eigenvalue weighted by Crippen LogP contribution is 2.52. The fraction of sp³-hybridized carbons (Fsp3) is 0.138. The molecule has 1 heterocycles. The molecule has 37 heavy (non-hydrogen) atoms. The molecule has 0 saturated carbocycles. The fourth-order valence-corrected chi connectivity index (χ4v) is 6.08. The maximum Gasteiger partial charge on any atom is 0.282 e. The molecule has 1 atom stereocenters. The zero-order chi connectivity index (χ0) is 26.0. The van der Waals surface area contributed by atoms with E-state index < -0.39 is 16.3 Å². The first-order valence-electron chi connectivity index (χ1n) is 11.7. The van der Waals surface area contributed by atoms with Crippen LogP contribution in [-0.2, 0) is 19.6 Å². The second-order valence-electron chi connectivity index (χ2n) is 8.54. The van der Waals surface area contributed by atoms with Crippen molar-refractivity contribution in [2.45, 2.75) is 18.0 Å². The monoisotopic (exact) mass is 514 g/mol. The minimum Gasteiger partial charge on any atom is -0.496 e. The molecule has 5 rings (SSSR count). The van der Waals surface area contributed by atoms with Crippen LogP contribution in [0.4, 0.5) is 11.4 Å². The van der Waals surface area contributed by atoms with Gasteiger partial charge in [-0.05, 0) is 48.9 Å². The first-order chi connectivity index (χ1) is 18.0. The van der Waals surface area contributed by atoms with Crippen molar-refractivity contribution in [3.05, 3.63) is 108 Å². The summed E-state index contributed by atoms with van der Waals surface area (Å²) in [5.74, 6) is 0.562. The van der Waals surface area contributed by atoms with Crippen molar-refractivity contribution in [1.29, 1.82) is 0 Å². The van der Waals surface area contributed by atoms with E-state index in [0.717, 1.165) is 11.1 Å². The minimum atomic E-state index is -4.09. The number of methoxy groups -OCH3 is 1. The lowest BCUT2D eigenvalue weighted by molar-refractivity contribution is -0.113. The molecular weight excluding hydrogens is 488 g/mol. The Balaban J connectivity index is 1.83. The molecule has 0 aliphatic carbocycles. The van der Waals surface area contributed by atoms with Gasteiger partial charge in [0.15, 0.2) is 6.23 Å². The van der Waals surface area contributed by atoms with Gasteiger partial charge in [-0.3, -0.25) is 0 Å². The number of nitrogens with zero attached hydrogens (tertiary/aromatic N) is 2. The molecule has 1 unspecified atom stereocenters. The average molecular weight is 515 g/mol. The summed E-state index contributed by atoms with van der Waals surface area (Å²) in [4.78, 5) is 11.6. The highest BCUT2D eigenvalue weighted by Gasteiger charge is 2.46. The van der Waals surface area contributed by atoms with Gasteiger partial charge in [0.2, 0.25) is 0 Å². The van der Waals surface area contributed by atoms with Crippen LogP contribution in [0.3, 0.4) is 0 Å². The SMILES string of the molecule is COc1ccc2c(c1-c1ccccc1)C(OCC=O)N(c1ccccc1)N2S(=O)(=O)c1ccc(C)cc1. The lowest BCUT2D eigenvalue weighted by Gasteiger charge is -2.34. The van der Waals surface area contributed by atoms with Gasteiger partial charge in [-0.25, -0.2) is 5.01 Å². The maximum absolute atomic E-state index is 14.2. The molecule has 0 amide bonds. The Bertz CT molecular complexity index is 1510. The van der Waals surface area contributed by atoms with Crippen molar-refractivity contribution in [2.75, 3.05) is 23.1 Å². The van der Waals surface area contributed by atoms with Crippen LogP contribution in [0.2, 0.25) is 0 Å². The summed E-state index contributed by atoms with van der Waals surface area (Å²) in [6.07, 6.45) is -0.268. The number of hydrazine groups is 1. The third-order valence-corrected chi connectivity index (χ3v) is 7.92. The molecule has 0 N–H and O–H groups in total. The van der Waals surface area contributed by atoms with E-state index in [4.69, 9.17) is 9.47 Å². The molecule has 0 saturated heterocycles. The van der Waals surface area contributed by atoms with Gasteiger partial charge in [-0.1, -0.05) is 66.2 Å². The van der Waals surface area contributed by atoms with Gasteiger partial charge in [0, 0.05) is 11.1 Å². The van der Waals surface area contributed by atoms with E-state index in [1.165, 1.54) is 4.41 Å². The second kappa shape index (κ2) is 10.1. The van der Waals surface area contributed by atoms with Gasteiger partial charge in [0.05, 0.1) is 23.4 Å². The number of benzene rings is 4. The normalized spacial score (nSPS) is 14.9. The fourth-order valence-electron chi connectivity index (χ4n) is 4.57. The number of hydrogen-bond donors (Lipinski definition) is 0. The van der Waals surface area contributed by atoms with Crippen LogP contribution < -0.4 is 14.2 Å². The lowest BCUT2D eigenvalue weighted by atomic mass is 9.96. The van der Waals surface area contributed by atoms with Crippen LogP contribution in [0.25, 0.3) is 11.1 Å². The number of ether oxygens (including phenoxy) is 2. The molecule has 0 fully saturated rings. The number of aryl methyl sites for hydroxylation is 1. The Morgan fingerprint density at radius 1 is 0.865 bits per heavy atom. The van der Waals surface area contributed by atoms with Gasteiger partial charge in [-0.2, -0.15) is 12.8 Å². The first-order valence-corrected chi connectivity index (χ1v) is 13.2. The second-order valence-corrected chi connectivity index (χ2v) is 10.3. The van der Waals surface area contributed by atoms with E-state index in [1.807, 2.05) is 55.5 Å². The van der Waals surface area contributed by atoms with Crippen LogP contribution in [0.1, 0.15) is 17.4 Å². The third-order valence-electron chi connectivity index (χ3n) is 6.23. The number of fused-ring (bicyclic) bond motifs is 1. The zero-order valence-corrected chi connectivity index (χ0v) is 21.3. The molecule has 1 aliphatic heterocycles. The molecule has 4 aromatic rings. The van der Waals surface area contributed by atoms with E-state index in [2.05, 4.69) is 0 Å². The standard InChI is InChI=1S/C29H26N2O5S/c1-21-13-15-24(16-14-21)37(33,34)31-25-17-18-26(35-2)27(22-9-5-3-6-10-22)28(25)29(36-20-19-32)30(31)23-11-7-4-8-12-23/h3-19,29H,20H2,1-2H3. The molecule has 0 spiro atoms. The third kappa shape index (κ3) is 4.34. The van der Waals surface area contributed by atoms with Crippen LogP contribution in [-0.4, -0.2) is 28.4 Å². The number of carbonyl (C=O) groups is 1. The Morgan fingerprint density at radius 3 is 2.14 bits per heavy atom. The van der Waals surface area contributed by atoms with E-state index in [0.29, 0.717) is 34.5 Å². The topological polar surface area (TPSA) is 76.2 Å². The Morgan fingerprint density at radius 2 is 1.51 bits per heavy atom.